The number of piperidine rings is 1. The van der Waals surface area contributed by atoms with Gasteiger partial charge in [0.2, 0.25) is 0 Å². The number of esters is 1. The number of hydrogen-bond donors (Lipinski definition) is 0. The summed E-state index contributed by atoms with van der Waals surface area (Å²) in [6.07, 6.45) is 4.58. The van der Waals surface area contributed by atoms with E-state index in [1.54, 1.807) is 0 Å². The van der Waals surface area contributed by atoms with Crippen LogP contribution in [0.2, 0.25) is 0 Å². The Morgan fingerprint density at radius 3 is 2.30 bits per heavy atom. The van der Waals surface area contributed by atoms with Gasteiger partial charge >= 0.3 is 5.97 Å². The van der Waals surface area contributed by atoms with Crippen molar-refractivity contribution in [2.24, 2.45) is 0 Å². The van der Waals surface area contributed by atoms with Crippen molar-refractivity contribution in [3.8, 4) is 0 Å². The van der Waals surface area contributed by atoms with Gasteiger partial charge in [0.1, 0.15) is 6.10 Å². The lowest BCUT2D eigenvalue weighted by molar-refractivity contribution is -0.0134. The van der Waals surface area contributed by atoms with Crippen molar-refractivity contribution in [3.63, 3.8) is 0 Å². The number of carbonyl (C=O) groups is 1. The Hall–Kier alpha value is -1.35. The fourth-order valence-electron chi connectivity index (χ4n) is 3.90. The third kappa shape index (κ3) is 2.59. The second kappa shape index (κ2) is 5.57. The van der Waals surface area contributed by atoms with Crippen LogP contribution in [0.3, 0.4) is 0 Å². The van der Waals surface area contributed by atoms with E-state index < -0.39 is 0 Å². The quantitative estimate of drug-likeness (QED) is 0.792. The lowest BCUT2D eigenvalue weighted by atomic mass is 9.98. The van der Waals surface area contributed by atoms with E-state index in [9.17, 15) is 4.79 Å². The lowest BCUT2D eigenvalue weighted by Crippen LogP contribution is -2.49. The van der Waals surface area contributed by atoms with E-state index in [-0.39, 0.29) is 12.1 Å². The molecule has 0 amide bonds. The van der Waals surface area contributed by atoms with Gasteiger partial charge in [-0.05, 0) is 38.8 Å². The molecule has 2 heterocycles. The van der Waals surface area contributed by atoms with Gasteiger partial charge in [-0.15, -0.1) is 0 Å². The number of fused-ring (bicyclic) bond motifs is 2. The molecule has 20 heavy (non-hydrogen) atoms. The largest absolute Gasteiger partial charge is 0.459 e. The molecular formula is C17H23NO2. The Kier molecular flexibility index (Phi) is 3.79. The highest BCUT2D eigenvalue weighted by atomic mass is 16.5. The van der Waals surface area contributed by atoms with Crippen molar-refractivity contribution in [2.75, 3.05) is 0 Å². The first-order valence-corrected chi connectivity index (χ1v) is 7.68. The first kappa shape index (κ1) is 13.6. The molecule has 3 nitrogen and oxygen atoms in total. The van der Waals surface area contributed by atoms with Crippen molar-refractivity contribution in [1.82, 2.24) is 4.90 Å². The van der Waals surface area contributed by atoms with Crippen LogP contribution in [-0.2, 0) is 4.74 Å². The highest BCUT2D eigenvalue weighted by molar-refractivity contribution is 5.89. The van der Waals surface area contributed by atoms with Crippen LogP contribution in [0.15, 0.2) is 30.3 Å². The summed E-state index contributed by atoms with van der Waals surface area (Å²) in [5.41, 5.74) is 0.658. The standard InChI is InChI=1S/C17H23NO2/c1-12(2)18-14-8-9-15(18)11-16(10-14)20-17(19)13-6-4-3-5-7-13/h3-7,12,14-16H,8-11H2,1-2H3. The monoisotopic (exact) mass is 273 g/mol. The molecule has 3 rings (SSSR count). The first-order chi connectivity index (χ1) is 9.65. The minimum absolute atomic E-state index is 0.0928. The van der Waals surface area contributed by atoms with E-state index in [0.29, 0.717) is 23.7 Å². The summed E-state index contributed by atoms with van der Waals surface area (Å²) in [5, 5.41) is 0. The zero-order valence-corrected chi connectivity index (χ0v) is 12.3. The van der Waals surface area contributed by atoms with E-state index in [2.05, 4.69) is 18.7 Å². The molecule has 0 aromatic heterocycles. The molecule has 2 aliphatic heterocycles. The summed E-state index contributed by atoms with van der Waals surface area (Å²) in [6.45, 7) is 4.53. The maximum Gasteiger partial charge on any atom is 0.338 e. The van der Waals surface area contributed by atoms with Crippen molar-refractivity contribution in [2.45, 2.75) is 63.8 Å². The fourth-order valence-corrected chi connectivity index (χ4v) is 3.90. The van der Waals surface area contributed by atoms with E-state index in [0.717, 1.165) is 12.8 Å². The van der Waals surface area contributed by atoms with Crippen LogP contribution < -0.4 is 0 Å². The van der Waals surface area contributed by atoms with E-state index >= 15 is 0 Å². The van der Waals surface area contributed by atoms with Gasteiger partial charge in [-0.1, -0.05) is 18.2 Å². The van der Waals surface area contributed by atoms with Crippen LogP contribution in [0.5, 0.6) is 0 Å². The molecular weight excluding hydrogens is 250 g/mol. The third-order valence-electron chi connectivity index (χ3n) is 4.63. The fraction of sp³-hybridized carbons (Fsp3) is 0.588. The Labute approximate surface area is 120 Å². The SMILES string of the molecule is CC(C)N1C2CCC1CC(OC(=O)c1ccccc1)C2. The highest BCUT2D eigenvalue weighted by Gasteiger charge is 2.42. The number of carbonyl (C=O) groups excluding carboxylic acids is 1. The van der Waals surface area contributed by atoms with Crippen LogP contribution in [-0.4, -0.2) is 35.1 Å². The van der Waals surface area contributed by atoms with Crippen LogP contribution in [0, 0.1) is 0 Å². The average Bonchev–Trinajstić information content (AvgIpc) is 2.72. The lowest BCUT2D eigenvalue weighted by Gasteiger charge is -2.41. The van der Waals surface area contributed by atoms with E-state index in [1.807, 2.05) is 30.3 Å². The average molecular weight is 273 g/mol. The second-order valence-corrected chi connectivity index (χ2v) is 6.29. The van der Waals surface area contributed by atoms with Crippen molar-refractivity contribution < 1.29 is 9.53 Å². The molecule has 3 heteroatoms. The normalized spacial score (nSPS) is 29.6. The maximum atomic E-state index is 12.1. The molecule has 0 radical (unpaired) electrons. The molecule has 2 saturated heterocycles. The van der Waals surface area contributed by atoms with Crippen LogP contribution in [0.4, 0.5) is 0 Å². The smallest absolute Gasteiger partial charge is 0.338 e. The van der Waals surface area contributed by atoms with Gasteiger partial charge in [0.25, 0.3) is 0 Å². The second-order valence-electron chi connectivity index (χ2n) is 6.29. The minimum Gasteiger partial charge on any atom is -0.459 e. The van der Waals surface area contributed by atoms with Gasteiger partial charge in [0, 0.05) is 31.0 Å². The van der Waals surface area contributed by atoms with Crippen molar-refractivity contribution in [3.05, 3.63) is 35.9 Å². The zero-order chi connectivity index (χ0) is 14.1. The predicted molar refractivity (Wildman–Crippen MR) is 78.7 cm³/mol. The van der Waals surface area contributed by atoms with Crippen LogP contribution >= 0.6 is 0 Å². The van der Waals surface area contributed by atoms with E-state index in [1.165, 1.54) is 12.8 Å². The minimum atomic E-state index is -0.173. The Morgan fingerprint density at radius 1 is 1.15 bits per heavy atom. The van der Waals surface area contributed by atoms with Gasteiger partial charge < -0.3 is 4.74 Å². The molecule has 0 spiro atoms. The first-order valence-electron chi connectivity index (χ1n) is 7.68. The molecule has 2 fully saturated rings. The molecule has 2 unspecified atom stereocenters. The van der Waals surface area contributed by atoms with Crippen LogP contribution in [0.1, 0.15) is 49.9 Å². The molecule has 2 bridgehead atoms. The molecule has 1 aromatic rings. The third-order valence-corrected chi connectivity index (χ3v) is 4.63. The summed E-state index contributed by atoms with van der Waals surface area (Å²) in [6, 6.07) is 11.1. The molecule has 2 aliphatic rings. The number of ether oxygens (including phenoxy) is 1. The number of nitrogens with zero attached hydrogens (tertiary/aromatic N) is 1. The van der Waals surface area contributed by atoms with Gasteiger partial charge in [0.15, 0.2) is 0 Å². The van der Waals surface area contributed by atoms with Gasteiger partial charge in [-0.3, -0.25) is 4.90 Å². The summed E-state index contributed by atoms with van der Waals surface area (Å²) in [4.78, 5) is 14.7. The molecule has 0 saturated carbocycles. The van der Waals surface area contributed by atoms with E-state index in [4.69, 9.17) is 4.74 Å². The predicted octanol–water partition coefficient (Wildman–Crippen LogP) is 3.25. The maximum absolute atomic E-state index is 12.1. The summed E-state index contributed by atoms with van der Waals surface area (Å²) in [7, 11) is 0. The Morgan fingerprint density at radius 2 is 1.75 bits per heavy atom. The Balaban J connectivity index is 1.63. The topological polar surface area (TPSA) is 29.5 Å². The summed E-state index contributed by atoms with van der Waals surface area (Å²) < 4.78 is 5.72. The Bertz CT molecular complexity index is 457. The zero-order valence-electron chi connectivity index (χ0n) is 12.3. The van der Waals surface area contributed by atoms with Gasteiger partial charge in [0.05, 0.1) is 5.56 Å². The molecule has 0 aliphatic carbocycles. The van der Waals surface area contributed by atoms with Gasteiger partial charge in [-0.25, -0.2) is 4.79 Å². The van der Waals surface area contributed by atoms with Crippen LogP contribution in [0.25, 0.3) is 0 Å². The number of rotatable bonds is 3. The van der Waals surface area contributed by atoms with Gasteiger partial charge in [-0.2, -0.15) is 0 Å². The number of hydrogen-bond acceptors (Lipinski definition) is 3. The molecule has 2 atom stereocenters. The van der Waals surface area contributed by atoms with Crippen molar-refractivity contribution in [1.29, 1.82) is 0 Å². The summed E-state index contributed by atoms with van der Waals surface area (Å²) >= 11 is 0. The molecule has 1 aromatic carbocycles. The summed E-state index contributed by atoms with van der Waals surface area (Å²) in [5.74, 6) is -0.173. The molecule has 108 valence electrons. The van der Waals surface area contributed by atoms with Crippen molar-refractivity contribution >= 4 is 5.97 Å². The molecule has 0 N–H and O–H groups in total. The number of benzene rings is 1. The highest BCUT2D eigenvalue weighted by Crippen LogP contribution is 2.38.